The van der Waals surface area contributed by atoms with Crippen LogP contribution in [0.5, 0.6) is 0 Å². The summed E-state index contributed by atoms with van der Waals surface area (Å²) in [5.74, 6) is 0.930. The van der Waals surface area contributed by atoms with Crippen molar-refractivity contribution < 1.29 is 0 Å². The molecule has 2 atom stereocenters. The molecule has 0 saturated carbocycles. The van der Waals surface area contributed by atoms with Crippen molar-refractivity contribution in [1.29, 1.82) is 0 Å². The molecule has 2 heterocycles. The molecule has 2 unspecified atom stereocenters. The first-order chi connectivity index (χ1) is 9.52. The Kier molecular flexibility index (Phi) is 5.88. The summed E-state index contributed by atoms with van der Waals surface area (Å²) in [6, 6.07) is 0.869. The molecule has 118 valence electrons. The molecule has 2 N–H and O–H groups in total. The van der Waals surface area contributed by atoms with Gasteiger partial charge in [-0.15, -0.1) is 0 Å². The number of fused-ring (bicyclic) bond motifs is 1. The second kappa shape index (κ2) is 7.24. The van der Waals surface area contributed by atoms with E-state index in [0.29, 0.717) is 5.41 Å². The molecule has 3 nitrogen and oxygen atoms in total. The molecule has 0 bridgehead atoms. The van der Waals surface area contributed by atoms with Crippen molar-refractivity contribution in [3.8, 4) is 0 Å². The lowest BCUT2D eigenvalue weighted by molar-refractivity contribution is 0.0369. The van der Waals surface area contributed by atoms with Gasteiger partial charge in [-0.05, 0) is 83.1 Å². The summed E-state index contributed by atoms with van der Waals surface area (Å²) in [6.07, 6.45) is 8.03. The van der Waals surface area contributed by atoms with Gasteiger partial charge in [0.05, 0.1) is 0 Å². The van der Waals surface area contributed by atoms with E-state index >= 15 is 0 Å². The van der Waals surface area contributed by atoms with Gasteiger partial charge in [-0.25, -0.2) is 0 Å². The summed E-state index contributed by atoms with van der Waals surface area (Å²) in [4.78, 5) is 5.33. The summed E-state index contributed by atoms with van der Waals surface area (Å²) in [5, 5.41) is 0. The first-order valence-corrected chi connectivity index (χ1v) is 8.64. The Hall–Kier alpha value is -0.120. The SMILES string of the molecule is CN1CCCC2CN(CCCC(C)(C)CCN)CCC21. The molecule has 20 heavy (non-hydrogen) atoms. The number of piperidine rings is 2. The van der Waals surface area contributed by atoms with E-state index in [4.69, 9.17) is 5.73 Å². The summed E-state index contributed by atoms with van der Waals surface area (Å²) >= 11 is 0. The Balaban J connectivity index is 1.70. The third kappa shape index (κ3) is 4.44. The van der Waals surface area contributed by atoms with Gasteiger partial charge in [0.25, 0.3) is 0 Å². The molecular formula is C17H35N3. The van der Waals surface area contributed by atoms with Crippen molar-refractivity contribution in [2.24, 2.45) is 17.1 Å². The van der Waals surface area contributed by atoms with E-state index < -0.39 is 0 Å². The maximum atomic E-state index is 5.70. The standard InChI is InChI=1S/C17H35N3/c1-17(2,9-10-18)8-5-12-20-13-7-16-15(14-20)6-4-11-19(16)3/h15-16H,4-14,18H2,1-3H3. The normalized spacial score (nSPS) is 29.4. The van der Waals surface area contributed by atoms with E-state index in [1.165, 1.54) is 58.3 Å². The number of nitrogens with zero attached hydrogens (tertiary/aromatic N) is 2. The number of nitrogens with two attached hydrogens (primary N) is 1. The van der Waals surface area contributed by atoms with Gasteiger partial charge in [0.1, 0.15) is 0 Å². The van der Waals surface area contributed by atoms with Crippen LogP contribution in [0, 0.1) is 11.3 Å². The number of hydrogen-bond donors (Lipinski definition) is 1. The predicted molar refractivity (Wildman–Crippen MR) is 86.9 cm³/mol. The Morgan fingerprint density at radius 1 is 1.15 bits per heavy atom. The summed E-state index contributed by atoms with van der Waals surface area (Å²) in [6.45, 7) is 10.8. The highest BCUT2D eigenvalue weighted by Gasteiger charge is 2.33. The maximum Gasteiger partial charge on any atom is 0.0145 e. The number of hydrogen-bond acceptors (Lipinski definition) is 3. The van der Waals surface area contributed by atoms with Crippen LogP contribution in [-0.4, -0.2) is 55.6 Å². The van der Waals surface area contributed by atoms with E-state index in [1.54, 1.807) is 0 Å². The highest BCUT2D eigenvalue weighted by atomic mass is 15.2. The van der Waals surface area contributed by atoms with Crippen LogP contribution in [-0.2, 0) is 0 Å². The highest BCUT2D eigenvalue weighted by Crippen LogP contribution is 2.30. The molecule has 2 saturated heterocycles. The topological polar surface area (TPSA) is 32.5 Å². The maximum absolute atomic E-state index is 5.70. The minimum Gasteiger partial charge on any atom is -0.330 e. The first-order valence-electron chi connectivity index (χ1n) is 8.64. The molecule has 0 aromatic rings. The van der Waals surface area contributed by atoms with Crippen LogP contribution < -0.4 is 5.73 Å². The molecule has 2 rings (SSSR count). The second-order valence-electron chi connectivity index (χ2n) is 7.85. The van der Waals surface area contributed by atoms with Crippen molar-refractivity contribution >= 4 is 0 Å². The third-order valence-corrected chi connectivity index (χ3v) is 5.58. The zero-order valence-electron chi connectivity index (χ0n) is 13.9. The van der Waals surface area contributed by atoms with Gasteiger partial charge in [0.2, 0.25) is 0 Å². The molecule has 3 heteroatoms. The van der Waals surface area contributed by atoms with Crippen molar-refractivity contribution in [3.05, 3.63) is 0 Å². The minimum atomic E-state index is 0.429. The Labute approximate surface area is 125 Å². The molecular weight excluding hydrogens is 246 g/mol. The molecule has 0 aromatic heterocycles. The molecule has 0 radical (unpaired) electrons. The van der Waals surface area contributed by atoms with Crippen LogP contribution in [0.15, 0.2) is 0 Å². The van der Waals surface area contributed by atoms with Gasteiger partial charge in [-0.1, -0.05) is 13.8 Å². The van der Waals surface area contributed by atoms with Crippen LogP contribution >= 0.6 is 0 Å². The average Bonchev–Trinajstić information content (AvgIpc) is 2.38. The van der Waals surface area contributed by atoms with E-state index in [1.807, 2.05) is 0 Å². The van der Waals surface area contributed by atoms with Crippen molar-refractivity contribution in [2.45, 2.75) is 58.4 Å². The Morgan fingerprint density at radius 2 is 1.95 bits per heavy atom. The average molecular weight is 281 g/mol. The van der Waals surface area contributed by atoms with Crippen molar-refractivity contribution in [2.75, 3.05) is 39.8 Å². The van der Waals surface area contributed by atoms with Crippen LogP contribution in [0.3, 0.4) is 0 Å². The van der Waals surface area contributed by atoms with Crippen LogP contribution in [0.4, 0.5) is 0 Å². The van der Waals surface area contributed by atoms with Crippen LogP contribution in [0.25, 0.3) is 0 Å². The Bertz CT molecular complexity index is 290. The predicted octanol–water partition coefficient (Wildman–Crippen LogP) is 2.56. The minimum absolute atomic E-state index is 0.429. The fourth-order valence-corrected chi connectivity index (χ4v) is 4.23. The zero-order chi connectivity index (χ0) is 14.6. The van der Waals surface area contributed by atoms with E-state index in [0.717, 1.165) is 24.9 Å². The lowest BCUT2D eigenvalue weighted by Crippen LogP contribution is -2.52. The van der Waals surface area contributed by atoms with Gasteiger partial charge in [-0.2, -0.15) is 0 Å². The fraction of sp³-hybridized carbons (Fsp3) is 1.00. The van der Waals surface area contributed by atoms with Crippen LogP contribution in [0.1, 0.15) is 52.4 Å². The van der Waals surface area contributed by atoms with Crippen molar-refractivity contribution in [1.82, 2.24) is 9.80 Å². The van der Waals surface area contributed by atoms with Gasteiger partial charge in [-0.3, -0.25) is 0 Å². The molecule has 0 amide bonds. The lowest BCUT2D eigenvalue weighted by Gasteiger charge is -2.46. The summed E-state index contributed by atoms with van der Waals surface area (Å²) in [7, 11) is 2.32. The molecule has 2 fully saturated rings. The van der Waals surface area contributed by atoms with Crippen molar-refractivity contribution in [3.63, 3.8) is 0 Å². The van der Waals surface area contributed by atoms with E-state index in [2.05, 4.69) is 30.7 Å². The lowest BCUT2D eigenvalue weighted by atomic mass is 9.83. The molecule has 2 aliphatic rings. The van der Waals surface area contributed by atoms with Gasteiger partial charge < -0.3 is 15.5 Å². The van der Waals surface area contributed by atoms with Gasteiger partial charge in [0, 0.05) is 12.6 Å². The molecule has 0 aromatic carbocycles. The van der Waals surface area contributed by atoms with Crippen LogP contribution in [0.2, 0.25) is 0 Å². The first kappa shape index (κ1) is 16.3. The summed E-state index contributed by atoms with van der Waals surface area (Å²) < 4.78 is 0. The largest absolute Gasteiger partial charge is 0.330 e. The number of likely N-dealkylation sites (tertiary alicyclic amines) is 2. The van der Waals surface area contributed by atoms with Gasteiger partial charge >= 0.3 is 0 Å². The molecule has 2 aliphatic heterocycles. The van der Waals surface area contributed by atoms with E-state index in [9.17, 15) is 0 Å². The zero-order valence-corrected chi connectivity index (χ0v) is 13.9. The molecule has 0 aliphatic carbocycles. The van der Waals surface area contributed by atoms with E-state index in [-0.39, 0.29) is 0 Å². The fourth-order valence-electron chi connectivity index (χ4n) is 4.23. The monoisotopic (exact) mass is 281 g/mol. The quantitative estimate of drug-likeness (QED) is 0.812. The van der Waals surface area contributed by atoms with Gasteiger partial charge in [0.15, 0.2) is 0 Å². The summed E-state index contributed by atoms with van der Waals surface area (Å²) in [5.41, 5.74) is 6.13. The Morgan fingerprint density at radius 3 is 2.70 bits per heavy atom. The molecule has 0 spiro atoms. The number of rotatable bonds is 6. The second-order valence-corrected chi connectivity index (χ2v) is 7.85. The third-order valence-electron chi connectivity index (χ3n) is 5.58. The smallest absolute Gasteiger partial charge is 0.0145 e. The highest BCUT2D eigenvalue weighted by molar-refractivity contribution is 4.89.